The lowest BCUT2D eigenvalue weighted by Gasteiger charge is -2.10. The van der Waals surface area contributed by atoms with Crippen LogP contribution in [0.5, 0.6) is 0 Å². The van der Waals surface area contributed by atoms with Crippen molar-refractivity contribution in [2.75, 3.05) is 19.0 Å². The van der Waals surface area contributed by atoms with E-state index in [1.807, 2.05) is 6.92 Å². The van der Waals surface area contributed by atoms with Gasteiger partial charge in [0.2, 0.25) is 0 Å². The van der Waals surface area contributed by atoms with Crippen molar-refractivity contribution >= 4 is 29.1 Å². The molecular formula is C17H20F3N5O2S. The summed E-state index contributed by atoms with van der Waals surface area (Å²) >= 11 is 0.938. The van der Waals surface area contributed by atoms with E-state index in [2.05, 4.69) is 30.7 Å². The minimum atomic E-state index is -4.44. The molecule has 0 aliphatic rings. The standard InChI is InChI=1S/C17H20F3N5O2S/c1-3-21-15(23-9-14-25-13(10-28-14)17(18,19)20)22-8-11-4-6-12(7-5-11)24-16(26)27-2/h4-7,10H,3,8-9H2,1-2H3,(H,24,26)(H2,21,22,23). The average Bonchev–Trinajstić information content (AvgIpc) is 3.14. The van der Waals surface area contributed by atoms with Crippen LogP contribution in [0.4, 0.5) is 23.7 Å². The predicted octanol–water partition coefficient (Wildman–Crippen LogP) is 3.60. The molecule has 0 saturated heterocycles. The first-order chi connectivity index (χ1) is 13.3. The maximum Gasteiger partial charge on any atom is 0.434 e. The number of rotatable bonds is 6. The Morgan fingerprint density at radius 1 is 1.25 bits per heavy atom. The molecule has 3 N–H and O–H groups in total. The number of benzene rings is 1. The number of nitrogens with one attached hydrogen (secondary N) is 3. The average molecular weight is 415 g/mol. The van der Waals surface area contributed by atoms with E-state index in [4.69, 9.17) is 0 Å². The van der Waals surface area contributed by atoms with Crippen LogP contribution >= 0.6 is 11.3 Å². The van der Waals surface area contributed by atoms with Crippen LogP contribution in [0, 0.1) is 0 Å². The number of thiazole rings is 1. The number of anilines is 1. The third kappa shape index (κ3) is 6.72. The first kappa shape index (κ1) is 21.5. The summed E-state index contributed by atoms with van der Waals surface area (Å²) in [7, 11) is 1.28. The van der Waals surface area contributed by atoms with Crippen molar-refractivity contribution in [2.45, 2.75) is 26.2 Å². The second kappa shape index (κ2) is 9.93. The number of nitrogens with zero attached hydrogens (tertiary/aromatic N) is 2. The minimum Gasteiger partial charge on any atom is -0.453 e. The molecule has 0 radical (unpaired) electrons. The second-order valence-corrected chi connectivity index (χ2v) is 6.43. The molecule has 0 bridgehead atoms. The van der Waals surface area contributed by atoms with Crippen LogP contribution in [-0.2, 0) is 24.0 Å². The first-order valence-corrected chi connectivity index (χ1v) is 9.17. The number of ether oxygens (including phenoxy) is 1. The monoisotopic (exact) mass is 415 g/mol. The highest BCUT2D eigenvalue weighted by Crippen LogP contribution is 2.29. The summed E-state index contributed by atoms with van der Waals surface area (Å²) in [5, 5.41) is 9.84. The molecular weight excluding hydrogens is 395 g/mol. The molecule has 0 aliphatic heterocycles. The molecule has 1 aromatic carbocycles. The van der Waals surface area contributed by atoms with Crippen molar-refractivity contribution in [1.29, 1.82) is 0 Å². The zero-order valence-corrected chi connectivity index (χ0v) is 16.1. The number of hydrogen-bond acceptors (Lipinski definition) is 5. The Bertz CT molecular complexity index is 806. The zero-order chi connectivity index (χ0) is 20.6. The summed E-state index contributed by atoms with van der Waals surface area (Å²) in [4.78, 5) is 19.1. The molecule has 0 atom stereocenters. The Morgan fingerprint density at radius 3 is 2.54 bits per heavy atom. The lowest BCUT2D eigenvalue weighted by molar-refractivity contribution is -0.140. The fourth-order valence-corrected chi connectivity index (χ4v) is 2.80. The summed E-state index contributed by atoms with van der Waals surface area (Å²) in [5.41, 5.74) is 0.590. The number of amides is 1. The van der Waals surface area contributed by atoms with Gasteiger partial charge in [-0.05, 0) is 24.6 Å². The number of carbonyl (C=O) groups is 1. The fraction of sp³-hybridized carbons (Fsp3) is 0.353. The SMILES string of the molecule is CCNC(=NCc1ccc(NC(=O)OC)cc1)NCc1nc(C(F)(F)F)cs1. The van der Waals surface area contributed by atoms with Gasteiger partial charge in [-0.2, -0.15) is 13.2 Å². The van der Waals surface area contributed by atoms with Crippen molar-refractivity contribution in [1.82, 2.24) is 15.6 Å². The quantitative estimate of drug-likeness (QED) is 0.496. The summed E-state index contributed by atoms with van der Waals surface area (Å²) in [6.07, 6.45) is -5.00. The molecule has 0 spiro atoms. The molecule has 0 unspecified atom stereocenters. The third-order valence-corrected chi connectivity index (χ3v) is 4.25. The Hall–Kier alpha value is -2.82. The summed E-state index contributed by atoms with van der Waals surface area (Å²) in [5.74, 6) is 0.461. The third-order valence-electron chi connectivity index (χ3n) is 3.40. The van der Waals surface area contributed by atoms with E-state index < -0.39 is 18.0 Å². The van der Waals surface area contributed by atoms with Gasteiger partial charge in [0.25, 0.3) is 0 Å². The summed E-state index contributed by atoms with van der Waals surface area (Å²) in [6.45, 7) is 2.96. The maximum absolute atomic E-state index is 12.6. The topological polar surface area (TPSA) is 87.6 Å². The largest absolute Gasteiger partial charge is 0.453 e. The molecule has 0 aliphatic carbocycles. The van der Waals surface area contributed by atoms with Gasteiger partial charge in [0.05, 0.1) is 20.2 Å². The molecule has 0 saturated carbocycles. The van der Waals surface area contributed by atoms with Gasteiger partial charge in [-0.15, -0.1) is 11.3 Å². The highest BCUT2D eigenvalue weighted by Gasteiger charge is 2.33. The van der Waals surface area contributed by atoms with Gasteiger partial charge in [-0.25, -0.2) is 14.8 Å². The van der Waals surface area contributed by atoms with Gasteiger partial charge in [-0.1, -0.05) is 12.1 Å². The number of alkyl halides is 3. The molecule has 0 fully saturated rings. The van der Waals surface area contributed by atoms with Crippen molar-refractivity contribution in [3.8, 4) is 0 Å². The molecule has 2 rings (SSSR count). The fourth-order valence-electron chi connectivity index (χ4n) is 2.06. The molecule has 152 valence electrons. The van der Waals surface area contributed by atoms with Gasteiger partial charge in [0.15, 0.2) is 11.7 Å². The smallest absolute Gasteiger partial charge is 0.434 e. The second-order valence-electron chi connectivity index (χ2n) is 5.49. The van der Waals surface area contributed by atoms with Gasteiger partial charge in [-0.3, -0.25) is 5.32 Å². The van der Waals surface area contributed by atoms with Crippen LogP contribution < -0.4 is 16.0 Å². The number of carbonyl (C=O) groups excluding carboxylic acids is 1. The number of aromatic nitrogens is 1. The minimum absolute atomic E-state index is 0.133. The first-order valence-electron chi connectivity index (χ1n) is 8.29. The number of hydrogen-bond donors (Lipinski definition) is 3. The lowest BCUT2D eigenvalue weighted by atomic mass is 10.2. The maximum atomic E-state index is 12.6. The van der Waals surface area contributed by atoms with Crippen molar-refractivity contribution in [2.24, 2.45) is 4.99 Å². The number of methoxy groups -OCH3 is 1. The Balaban J connectivity index is 1.94. The van der Waals surface area contributed by atoms with Crippen molar-refractivity contribution < 1.29 is 22.7 Å². The number of halogens is 3. The van der Waals surface area contributed by atoms with Crippen LogP contribution in [0.25, 0.3) is 0 Å². The van der Waals surface area contributed by atoms with E-state index in [1.165, 1.54) is 7.11 Å². The van der Waals surface area contributed by atoms with Crippen LogP contribution in [0.1, 0.15) is 23.2 Å². The van der Waals surface area contributed by atoms with E-state index in [-0.39, 0.29) is 6.54 Å². The van der Waals surface area contributed by atoms with E-state index in [0.717, 1.165) is 22.3 Å². The van der Waals surface area contributed by atoms with Crippen molar-refractivity contribution in [3.05, 3.63) is 45.9 Å². The normalized spacial score (nSPS) is 11.8. The van der Waals surface area contributed by atoms with Crippen molar-refractivity contribution in [3.63, 3.8) is 0 Å². The Labute approximate surface area is 164 Å². The van der Waals surface area contributed by atoms with Gasteiger partial charge < -0.3 is 15.4 Å². The highest BCUT2D eigenvalue weighted by molar-refractivity contribution is 7.09. The number of guanidine groups is 1. The van der Waals surface area contributed by atoms with E-state index in [1.54, 1.807) is 24.3 Å². The molecule has 11 heteroatoms. The molecule has 7 nitrogen and oxygen atoms in total. The molecule has 1 aromatic heterocycles. The van der Waals surface area contributed by atoms with Gasteiger partial charge in [0, 0.05) is 17.6 Å². The summed E-state index contributed by atoms with van der Waals surface area (Å²) in [6, 6.07) is 7.04. The summed E-state index contributed by atoms with van der Waals surface area (Å²) < 4.78 is 42.3. The van der Waals surface area contributed by atoms with Crippen LogP contribution in [0.2, 0.25) is 0 Å². The van der Waals surface area contributed by atoms with Crippen LogP contribution in [0.3, 0.4) is 0 Å². The van der Waals surface area contributed by atoms with E-state index >= 15 is 0 Å². The van der Waals surface area contributed by atoms with Gasteiger partial charge in [0.1, 0.15) is 5.01 Å². The Kier molecular flexibility index (Phi) is 7.61. The zero-order valence-electron chi connectivity index (χ0n) is 15.3. The number of aliphatic imine (C=N–C) groups is 1. The predicted molar refractivity (Wildman–Crippen MR) is 101 cm³/mol. The Morgan fingerprint density at radius 2 is 1.96 bits per heavy atom. The molecule has 1 amide bonds. The highest BCUT2D eigenvalue weighted by atomic mass is 32.1. The van der Waals surface area contributed by atoms with E-state index in [0.29, 0.717) is 29.7 Å². The molecule has 2 aromatic rings. The van der Waals surface area contributed by atoms with E-state index in [9.17, 15) is 18.0 Å². The lowest BCUT2D eigenvalue weighted by Crippen LogP contribution is -2.36. The van der Waals surface area contributed by atoms with Gasteiger partial charge >= 0.3 is 12.3 Å². The van der Waals surface area contributed by atoms with Crippen LogP contribution in [0.15, 0.2) is 34.6 Å². The molecule has 28 heavy (non-hydrogen) atoms. The van der Waals surface area contributed by atoms with Crippen LogP contribution in [-0.4, -0.2) is 30.7 Å². The molecule has 1 heterocycles.